The van der Waals surface area contributed by atoms with Gasteiger partial charge in [0.1, 0.15) is 29.7 Å². The predicted octanol–water partition coefficient (Wildman–Crippen LogP) is 3.87. The number of amides is 1. The van der Waals surface area contributed by atoms with Gasteiger partial charge in [0.2, 0.25) is 5.91 Å². The summed E-state index contributed by atoms with van der Waals surface area (Å²) >= 11 is 0. The first kappa shape index (κ1) is 30.7. The Morgan fingerprint density at radius 2 is 1.98 bits per heavy atom. The third-order valence-corrected chi connectivity index (χ3v) is 7.95. The lowest BCUT2D eigenvalue weighted by Gasteiger charge is -2.31. The second kappa shape index (κ2) is 12.3. The summed E-state index contributed by atoms with van der Waals surface area (Å²) in [7, 11) is 1.63. The number of halogens is 4. The fraction of sp³-hybridized carbons (Fsp3) is 0.500. The number of carbonyl (C=O) groups is 1. The molecule has 2 fully saturated rings. The zero-order chi connectivity index (χ0) is 28.6. The molecule has 0 bridgehead atoms. The molecule has 2 atom stereocenters. The molecule has 13 heteroatoms. The maximum Gasteiger partial charge on any atom is 0.302 e. The van der Waals surface area contributed by atoms with Crippen molar-refractivity contribution < 1.29 is 22.7 Å². The Labute approximate surface area is 241 Å². The van der Waals surface area contributed by atoms with Crippen molar-refractivity contribution in [3.8, 4) is 0 Å². The average Bonchev–Trinajstić information content (AvgIpc) is 2.95. The van der Waals surface area contributed by atoms with E-state index in [2.05, 4.69) is 20.6 Å². The van der Waals surface area contributed by atoms with Crippen molar-refractivity contribution in [2.24, 2.45) is 7.05 Å². The number of hydrogen-bond acceptors (Lipinski definition) is 7. The van der Waals surface area contributed by atoms with Crippen molar-refractivity contribution in [1.29, 1.82) is 0 Å². The van der Waals surface area contributed by atoms with Crippen LogP contribution in [-0.2, 0) is 22.5 Å². The maximum absolute atomic E-state index is 15.6. The lowest BCUT2D eigenvalue weighted by molar-refractivity contribution is -0.153. The average molecular weight is 595 g/mol. The van der Waals surface area contributed by atoms with E-state index in [0.29, 0.717) is 54.9 Å². The van der Waals surface area contributed by atoms with Crippen molar-refractivity contribution in [1.82, 2.24) is 24.8 Å². The van der Waals surface area contributed by atoms with E-state index in [4.69, 9.17) is 4.74 Å². The number of alkyl halides is 2. The van der Waals surface area contributed by atoms with Crippen LogP contribution in [-0.4, -0.2) is 64.2 Å². The van der Waals surface area contributed by atoms with Crippen molar-refractivity contribution >= 4 is 35.2 Å². The fourth-order valence-electron chi connectivity index (χ4n) is 5.60. The Balaban J connectivity index is 0.00000387. The summed E-state index contributed by atoms with van der Waals surface area (Å²) in [5.41, 5.74) is 0.141. The second-order valence-corrected chi connectivity index (χ2v) is 10.5. The minimum atomic E-state index is -3.53. The van der Waals surface area contributed by atoms with Crippen LogP contribution in [0.15, 0.2) is 35.4 Å². The molecule has 41 heavy (non-hydrogen) atoms. The van der Waals surface area contributed by atoms with Gasteiger partial charge in [-0.15, -0.1) is 12.4 Å². The summed E-state index contributed by atoms with van der Waals surface area (Å²) in [6.07, 6.45) is 1.14. The molecule has 2 aliphatic rings. The highest BCUT2D eigenvalue weighted by Gasteiger charge is 2.45. The van der Waals surface area contributed by atoms with Crippen LogP contribution in [0.5, 0.6) is 0 Å². The fourth-order valence-corrected chi connectivity index (χ4v) is 5.60. The number of rotatable bonds is 6. The standard InChI is InChI=1S/C28H33F3N6O3.ClH/c1-16(19-5-4-6-22(24(19)29)28(30,31)23-14-32-9-12-40-23)35-25-21-13-20(18-7-10-37(11-8-18)17(2)38)27(39)36(3)26(21)34-15-33-25;/h4-6,13,15-16,18,23,32H,7-12,14H2,1-3H3,(H,33,34,35);1H. The molecule has 2 saturated heterocycles. The van der Waals surface area contributed by atoms with Gasteiger partial charge in [-0.1, -0.05) is 12.1 Å². The normalized spacial score (nSPS) is 19.1. The third-order valence-electron chi connectivity index (χ3n) is 7.95. The monoisotopic (exact) mass is 594 g/mol. The van der Waals surface area contributed by atoms with Crippen molar-refractivity contribution in [2.45, 2.75) is 50.7 Å². The van der Waals surface area contributed by atoms with Gasteiger partial charge in [0.05, 0.1) is 23.6 Å². The van der Waals surface area contributed by atoms with Crippen LogP contribution < -0.4 is 16.2 Å². The topological polar surface area (TPSA) is 101 Å². The number of nitrogens with zero attached hydrogens (tertiary/aromatic N) is 4. The number of likely N-dealkylation sites (tertiary alicyclic amines) is 1. The zero-order valence-electron chi connectivity index (χ0n) is 23.1. The van der Waals surface area contributed by atoms with Crippen LogP contribution >= 0.6 is 12.4 Å². The first-order valence-electron chi connectivity index (χ1n) is 13.4. The number of carbonyl (C=O) groups excluding carboxylic acids is 1. The molecule has 0 spiro atoms. The summed E-state index contributed by atoms with van der Waals surface area (Å²) in [6.45, 7) is 4.84. The second-order valence-electron chi connectivity index (χ2n) is 10.5. The van der Waals surface area contributed by atoms with Gasteiger partial charge in [-0.25, -0.2) is 14.4 Å². The quantitative estimate of drug-likeness (QED) is 0.447. The largest absolute Gasteiger partial charge is 0.369 e. The zero-order valence-corrected chi connectivity index (χ0v) is 23.9. The van der Waals surface area contributed by atoms with Gasteiger partial charge in [0, 0.05) is 51.3 Å². The van der Waals surface area contributed by atoms with Gasteiger partial charge < -0.3 is 20.3 Å². The Hall–Kier alpha value is -3.22. The van der Waals surface area contributed by atoms with Crippen LogP contribution in [0, 0.1) is 5.82 Å². The van der Waals surface area contributed by atoms with Crippen LogP contribution in [0.3, 0.4) is 0 Å². The first-order chi connectivity index (χ1) is 19.1. The molecule has 3 aromatic rings. The molecule has 4 heterocycles. The SMILES string of the molecule is CC(=O)N1CCC(c2cc3c(NC(C)c4cccc(C(F)(F)C5CNCCO5)c4F)ncnc3n(C)c2=O)CC1.Cl. The number of ether oxygens (including phenoxy) is 1. The van der Waals surface area contributed by atoms with Gasteiger partial charge >= 0.3 is 5.92 Å². The molecule has 5 rings (SSSR count). The molecular formula is C28H34ClF3N6O3. The highest BCUT2D eigenvalue weighted by Crippen LogP contribution is 2.38. The smallest absolute Gasteiger partial charge is 0.302 e. The Kier molecular flexibility index (Phi) is 9.25. The van der Waals surface area contributed by atoms with E-state index < -0.39 is 29.4 Å². The van der Waals surface area contributed by atoms with Gasteiger partial charge in [0.15, 0.2) is 0 Å². The summed E-state index contributed by atoms with van der Waals surface area (Å²) in [5.74, 6) is -4.22. The number of aryl methyl sites for hydroxylation is 1. The summed E-state index contributed by atoms with van der Waals surface area (Å²) in [6, 6.07) is 4.97. The number of piperidine rings is 1. The van der Waals surface area contributed by atoms with Gasteiger partial charge in [-0.3, -0.25) is 14.2 Å². The lowest BCUT2D eigenvalue weighted by Crippen LogP contribution is -2.47. The summed E-state index contributed by atoms with van der Waals surface area (Å²) in [4.78, 5) is 35.4. The van der Waals surface area contributed by atoms with Gasteiger partial charge in [0.25, 0.3) is 5.56 Å². The molecule has 2 aliphatic heterocycles. The molecule has 9 nitrogen and oxygen atoms in total. The molecule has 2 aromatic heterocycles. The van der Waals surface area contributed by atoms with E-state index in [1.54, 1.807) is 24.9 Å². The molecule has 2 N–H and O–H groups in total. The van der Waals surface area contributed by atoms with E-state index >= 15 is 13.2 Å². The van der Waals surface area contributed by atoms with Crippen molar-refractivity contribution in [3.05, 3.63) is 63.5 Å². The first-order valence-corrected chi connectivity index (χ1v) is 13.4. The van der Waals surface area contributed by atoms with Crippen LogP contribution in [0.4, 0.5) is 19.0 Å². The minimum Gasteiger partial charge on any atom is -0.369 e. The Morgan fingerprint density at radius 1 is 1.24 bits per heavy atom. The number of hydrogen-bond donors (Lipinski definition) is 2. The number of anilines is 1. The molecule has 2 unspecified atom stereocenters. The summed E-state index contributed by atoms with van der Waals surface area (Å²) in [5, 5.41) is 6.58. The van der Waals surface area contributed by atoms with Gasteiger partial charge in [-0.05, 0) is 37.8 Å². The number of fused-ring (bicyclic) bond motifs is 1. The Morgan fingerprint density at radius 3 is 2.63 bits per heavy atom. The van der Waals surface area contributed by atoms with Crippen LogP contribution in [0.2, 0.25) is 0 Å². The number of benzene rings is 1. The molecule has 222 valence electrons. The summed E-state index contributed by atoms with van der Waals surface area (Å²) < 4.78 is 52.8. The maximum atomic E-state index is 15.6. The highest BCUT2D eigenvalue weighted by molar-refractivity contribution is 5.87. The van der Waals surface area contributed by atoms with E-state index in [1.165, 1.54) is 30.0 Å². The third kappa shape index (κ3) is 5.91. The number of aromatic nitrogens is 3. The highest BCUT2D eigenvalue weighted by atomic mass is 35.5. The van der Waals surface area contributed by atoms with Crippen molar-refractivity contribution in [3.63, 3.8) is 0 Å². The van der Waals surface area contributed by atoms with E-state index in [0.717, 1.165) is 6.07 Å². The number of morpholine rings is 1. The molecular weight excluding hydrogens is 561 g/mol. The van der Waals surface area contributed by atoms with Gasteiger partial charge in [-0.2, -0.15) is 8.78 Å². The molecule has 0 saturated carbocycles. The molecule has 1 amide bonds. The van der Waals surface area contributed by atoms with E-state index in [9.17, 15) is 9.59 Å². The molecule has 1 aromatic carbocycles. The molecule has 0 aliphatic carbocycles. The minimum absolute atomic E-state index is 0. The van der Waals surface area contributed by atoms with E-state index in [1.807, 2.05) is 0 Å². The number of pyridine rings is 1. The van der Waals surface area contributed by atoms with Crippen LogP contribution in [0.1, 0.15) is 55.3 Å². The lowest BCUT2D eigenvalue weighted by atomic mass is 9.89. The molecule has 0 radical (unpaired) electrons. The van der Waals surface area contributed by atoms with Crippen LogP contribution in [0.25, 0.3) is 11.0 Å². The Bertz CT molecular complexity index is 1470. The van der Waals surface area contributed by atoms with Crippen molar-refractivity contribution in [2.75, 3.05) is 38.1 Å². The predicted molar refractivity (Wildman–Crippen MR) is 151 cm³/mol. The van der Waals surface area contributed by atoms with E-state index in [-0.39, 0.29) is 48.5 Å². The number of nitrogens with one attached hydrogen (secondary N) is 2.